The molecule has 3 rings (SSSR count). The molecule has 0 bridgehead atoms. The van der Waals surface area contributed by atoms with E-state index in [1.165, 1.54) is 30.3 Å². The van der Waals surface area contributed by atoms with Crippen LogP contribution in [0.4, 0.5) is 0 Å². The van der Waals surface area contributed by atoms with Crippen molar-refractivity contribution in [3.8, 4) is 0 Å². The van der Waals surface area contributed by atoms with E-state index in [2.05, 4.69) is 0 Å². The molecule has 114 valence electrons. The Kier molecular flexibility index (Phi) is 3.22. The second-order valence-corrected chi connectivity index (χ2v) is 7.60. The summed E-state index contributed by atoms with van der Waals surface area (Å²) in [5, 5.41) is 1.96. The Labute approximate surface area is 126 Å². The molecule has 22 heavy (non-hydrogen) atoms. The SMILES string of the molecule is O=S(=O)(O)c1ccc2cc3c(S(=O)(=O)O)cccc3cc2c1. The van der Waals surface area contributed by atoms with Gasteiger partial charge in [-0.1, -0.05) is 18.2 Å². The Bertz CT molecular complexity index is 1110. The van der Waals surface area contributed by atoms with Gasteiger partial charge in [-0.25, -0.2) is 0 Å². The van der Waals surface area contributed by atoms with Crippen LogP contribution in [0, 0.1) is 0 Å². The zero-order valence-electron chi connectivity index (χ0n) is 11.0. The summed E-state index contributed by atoms with van der Waals surface area (Å²) in [4.78, 5) is -0.462. The maximum atomic E-state index is 11.4. The third-order valence-corrected chi connectivity index (χ3v) is 5.11. The van der Waals surface area contributed by atoms with E-state index in [-0.39, 0.29) is 9.79 Å². The lowest BCUT2D eigenvalue weighted by molar-refractivity contribution is 0.481. The molecule has 0 aliphatic carbocycles. The monoisotopic (exact) mass is 338 g/mol. The summed E-state index contributed by atoms with van der Waals surface area (Å²) in [6.07, 6.45) is 0. The molecule has 0 aliphatic rings. The van der Waals surface area contributed by atoms with Gasteiger partial charge in [0.1, 0.15) is 4.90 Å². The molecule has 0 radical (unpaired) electrons. The molecular weight excluding hydrogens is 328 g/mol. The summed E-state index contributed by atoms with van der Waals surface area (Å²) in [5.41, 5.74) is 0. The quantitative estimate of drug-likeness (QED) is 0.549. The standard InChI is InChI=1S/C14H10O6S2/c15-21(16,17)12-5-4-9-8-13-10(6-11(9)7-12)2-1-3-14(13)22(18,19)20/h1-8H,(H,15,16,17)(H,18,19,20). The van der Waals surface area contributed by atoms with E-state index in [1.54, 1.807) is 18.2 Å². The van der Waals surface area contributed by atoms with Crippen LogP contribution in [0.5, 0.6) is 0 Å². The van der Waals surface area contributed by atoms with E-state index in [0.717, 1.165) is 0 Å². The van der Waals surface area contributed by atoms with Crippen LogP contribution >= 0.6 is 0 Å². The minimum Gasteiger partial charge on any atom is -0.282 e. The first-order valence-electron chi connectivity index (χ1n) is 6.08. The molecule has 0 spiro atoms. The fraction of sp³-hybridized carbons (Fsp3) is 0. The average Bonchev–Trinajstić information content (AvgIpc) is 2.41. The van der Waals surface area contributed by atoms with Gasteiger partial charge in [0.25, 0.3) is 20.2 Å². The Hall–Kier alpha value is -2.00. The molecule has 0 saturated heterocycles. The fourth-order valence-electron chi connectivity index (χ4n) is 2.36. The van der Waals surface area contributed by atoms with Gasteiger partial charge in [0, 0.05) is 5.39 Å². The van der Waals surface area contributed by atoms with E-state index in [1.807, 2.05) is 0 Å². The minimum absolute atomic E-state index is 0.217. The molecule has 2 N–H and O–H groups in total. The van der Waals surface area contributed by atoms with Gasteiger partial charge in [0.2, 0.25) is 0 Å². The zero-order chi connectivity index (χ0) is 16.1. The topological polar surface area (TPSA) is 109 Å². The van der Waals surface area contributed by atoms with Gasteiger partial charge >= 0.3 is 0 Å². The smallest absolute Gasteiger partial charge is 0.282 e. The molecule has 3 aromatic rings. The number of hydrogen-bond donors (Lipinski definition) is 2. The first-order valence-corrected chi connectivity index (χ1v) is 8.96. The van der Waals surface area contributed by atoms with Crippen molar-refractivity contribution in [2.75, 3.05) is 0 Å². The lowest BCUT2D eigenvalue weighted by Crippen LogP contribution is -1.99. The van der Waals surface area contributed by atoms with Gasteiger partial charge in [-0.05, 0) is 46.5 Å². The summed E-state index contributed by atoms with van der Waals surface area (Å²) >= 11 is 0. The van der Waals surface area contributed by atoms with Crippen LogP contribution in [0.3, 0.4) is 0 Å². The van der Waals surface area contributed by atoms with Crippen LogP contribution < -0.4 is 0 Å². The number of fused-ring (bicyclic) bond motifs is 2. The number of hydrogen-bond acceptors (Lipinski definition) is 4. The minimum atomic E-state index is -4.37. The van der Waals surface area contributed by atoms with Crippen LogP contribution in [0.1, 0.15) is 0 Å². The maximum absolute atomic E-state index is 11.4. The van der Waals surface area contributed by atoms with Crippen LogP contribution in [0.25, 0.3) is 21.5 Å². The molecule has 0 amide bonds. The first-order chi connectivity index (χ1) is 10.2. The number of rotatable bonds is 2. The second-order valence-electron chi connectivity index (χ2n) is 4.79. The van der Waals surface area contributed by atoms with Crippen molar-refractivity contribution in [2.24, 2.45) is 0 Å². The van der Waals surface area contributed by atoms with Crippen molar-refractivity contribution < 1.29 is 25.9 Å². The van der Waals surface area contributed by atoms with Gasteiger partial charge in [0.05, 0.1) is 4.90 Å². The summed E-state index contributed by atoms with van der Waals surface area (Å²) in [6, 6.07) is 11.5. The fourth-order valence-corrected chi connectivity index (χ4v) is 3.58. The maximum Gasteiger partial charge on any atom is 0.295 e. The van der Waals surface area contributed by atoms with Crippen molar-refractivity contribution in [3.05, 3.63) is 48.5 Å². The van der Waals surface area contributed by atoms with E-state index in [9.17, 15) is 21.4 Å². The molecule has 0 saturated carbocycles. The van der Waals surface area contributed by atoms with Crippen molar-refractivity contribution in [1.29, 1.82) is 0 Å². The Balaban J connectivity index is 2.41. The van der Waals surface area contributed by atoms with Crippen LogP contribution in [0.15, 0.2) is 58.3 Å². The third kappa shape index (κ3) is 2.57. The Morgan fingerprint density at radius 1 is 0.682 bits per heavy atom. The lowest BCUT2D eigenvalue weighted by Gasteiger charge is -2.07. The van der Waals surface area contributed by atoms with Gasteiger partial charge in [-0.2, -0.15) is 16.8 Å². The zero-order valence-corrected chi connectivity index (χ0v) is 12.6. The molecule has 0 aliphatic heterocycles. The summed E-state index contributed by atoms with van der Waals surface area (Å²) in [6.45, 7) is 0. The lowest BCUT2D eigenvalue weighted by atomic mass is 10.0. The number of benzene rings is 3. The predicted octanol–water partition coefficient (Wildman–Crippen LogP) is 2.49. The van der Waals surface area contributed by atoms with E-state index in [4.69, 9.17) is 4.55 Å². The van der Waals surface area contributed by atoms with Crippen molar-refractivity contribution >= 4 is 41.8 Å². The summed E-state index contributed by atoms with van der Waals surface area (Å²) in [7, 11) is -8.68. The first kappa shape index (κ1) is 14.9. The van der Waals surface area contributed by atoms with E-state index >= 15 is 0 Å². The summed E-state index contributed by atoms with van der Waals surface area (Å²) in [5.74, 6) is 0. The molecule has 0 atom stereocenters. The van der Waals surface area contributed by atoms with Crippen molar-refractivity contribution in [2.45, 2.75) is 9.79 Å². The average molecular weight is 338 g/mol. The highest BCUT2D eigenvalue weighted by Gasteiger charge is 2.15. The summed E-state index contributed by atoms with van der Waals surface area (Å²) < 4.78 is 63.5. The Morgan fingerprint density at radius 3 is 2.05 bits per heavy atom. The van der Waals surface area contributed by atoms with Crippen molar-refractivity contribution in [3.63, 3.8) is 0 Å². The van der Waals surface area contributed by atoms with Gasteiger partial charge < -0.3 is 0 Å². The second kappa shape index (κ2) is 4.75. The van der Waals surface area contributed by atoms with Crippen LogP contribution in [-0.4, -0.2) is 25.9 Å². The molecular formula is C14H10O6S2. The molecule has 0 unspecified atom stereocenters. The molecule has 0 fully saturated rings. The third-order valence-electron chi connectivity index (χ3n) is 3.34. The molecule has 0 aromatic heterocycles. The Morgan fingerprint density at radius 2 is 1.41 bits per heavy atom. The predicted molar refractivity (Wildman–Crippen MR) is 81.1 cm³/mol. The molecule has 3 aromatic carbocycles. The van der Waals surface area contributed by atoms with Gasteiger partial charge in [-0.3, -0.25) is 9.11 Å². The van der Waals surface area contributed by atoms with Gasteiger partial charge in [0.15, 0.2) is 0 Å². The van der Waals surface area contributed by atoms with E-state index in [0.29, 0.717) is 21.5 Å². The molecule has 6 nitrogen and oxygen atoms in total. The largest absolute Gasteiger partial charge is 0.295 e. The van der Waals surface area contributed by atoms with Crippen molar-refractivity contribution in [1.82, 2.24) is 0 Å². The molecule has 8 heteroatoms. The van der Waals surface area contributed by atoms with E-state index < -0.39 is 20.2 Å². The highest BCUT2D eigenvalue weighted by atomic mass is 32.2. The van der Waals surface area contributed by atoms with Crippen LogP contribution in [-0.2, 0) is 20.2 Å². The molecule has 0 heterocycles. The van der Waals surface area contributed by atoms with Crippen LogP contribution in [0.2, 0.25) is 0 Å². The normalized spacial score (nSPS) is 12.8. The van der Waals surface area contributed by atoms with Gasteiger partial charge in [-0.15, -0.1) is 0 Å². The highest BCUT2D eigenvalue weighted by molar-refractivity contribution is 7.86. The highest BCUT2D eigenvalue weighted by Crippen LogP contribution is 2.29.